The number of aryl methyl sites for hydroxylation is 1. The van der Waals surface area contributed by atoms with Gasteiger partial charge < -0.3 is 4.90 Å². The van der Waals surface area contributed by atoms with Crippen molar-refractivity contribution in [1.82, 2.24) is 4.98 Å². The number of fused-ring (bicyclic) bond motifs is 5. The minimum absolute atomic E-state index is 0.605. The minimum Gasteiger partial charge on any atom is -0.372 e. The van der Waals surface area contributed by atoms with Crippen LogP contribution in [0.3, 0.4) is 0 Å². The Bertz CT molecular complexity index is 1610. The number of hydrogen-bond acceptors (Lipinski definition) is 3. The molecule has 1 atom stereocenters. The second-order valence-corrected chi connectivity index (χ2v) is 11.4. The average molecular weight is 512 g/mol. The Balaban J connectivity index is 0.000000193. The van der Waals surface area contributed by atoms with Gasteiger partial charge in [-0.2, -0.15) is 5.26 Å². The molecule has 1 unspecified atom stereocenters. The second-order valence-electron chi connectivity index (χ2n) is 11.4. The summed E-state index contributed by atoms with van der Waals surface area (Å²) in [6, 6.07) is 24.2. The molecule has 1 heterocycles. The molecule has 3 aliphatic carbocycles. The van der Waals surface area contributed by atoms with Crippen molar-refractivity contribution in [3.8, 4) is 6.07 Å². The van der Waals surface area contributed by atoms with Crippen molar-refractivity contribution in [3.63, 3.8) is 0 Å². The summed E-state index contributed by atoms with van der Waals surface area (Å²) in [6.45, 7) is 2.41. The van der Waals surface area contributed by atoms with E-state index in [-0.39, 0.29) is 0 Å². The van der Waals surface area contributed by atoms with Crippen LogP contribution in [0.4, 0.5) is 5.69 Å². The fourth-order valence-electron chi connectivity index (χ4n) is 6.77. The van der Waals surface area contributed by atoms with Crippen molar-refractivity contribution in [2.75, 3.05) is 11.9 Å². The predicted octanol–water partition coefficient (Wildman–Crippen LogP) is 9.01. The molecule has 3 aromatic carbocycles. The first-order valence-corrected chi connectivity index (χ1v) is 14.5. The first kappa shape index (κ1) is 25.4. The highest BCUT2D eigenvalue weighted by molar-refractivity contribution is 5.95. The molecule has 0 amide bonds. The highest BCUT2D eigenvalue weighted by Gasteiger charge is 2.25. The van der Waals surface area contributed by atoms with Gasteiger partial charge in [-0.1, -0.05) is 67.0 Å². The molecule has 0 saturated heterocycles. The number of nitriles is 1. The zero-order valence-electron chi connectivity index (χ0n) is 23.2. The first-order chi connectivity index (χ1) is 19.1. The van der Waals surface area contributed by atoms with Crippen molar-refractivity contribution in [2.24, 2.45) is 5.92 Å². The molecule has 0 aliphatic heterocycles. The number of hydrogen-bond donors (Lipinski definition) is 0. The molecule has 0 bridgehead atoms. The molecule has 4 aromatic rings. The number of nitrogens with zero attached hydrogens (tertiary/aromatic N) is 3. The molecule has 3 nitrogen and oxygen atoms in total. The third kappa shape index (κ3) is 5.09. The zero-order valence-corrected chi connectivity index (χ0v) is 23.2. The van der Waals surface area contributed by atoms with E-state index < -0.39 is 0 Å². The largest absolute Gasteiger partial charge is 0.372 e. The number of benzene rings is 3. The van der Waals surface area contributed by atoms with Crippen molar-refractivity contribution >= 4 is 32.9 Å². The summed E-state index contributed by atoms with van der Waals surface area (Å²) in [5, 5.41) is 12.5. The van der Waals surface area contributed by atoms with Crippen LogP contribution in [0.15, 0.2) is 84.6 Å². The fourth-order valence-corrected chi connectivity index (χ4v) is 6.77. The molecule has 1 aromatic heterocycles. The molecule has 1 saturated carbocycles. The summed E-state index contributed by atoms with van der Waals surface area (Å²) in [5.74, 6) is 0.859. The third-order valence-corrected chi connectivity index (χ3v) is 9.18. The lowest BCUT2D eigenvalue weighted by atomic mass is 9.79. The summed E-state index contributed by atoms with van der Waals surface area (Å²) >= 11 is 0. The van der Waals surface area contributed by atoms with Gasteiger partial charge in [-0.15, -0.1) is 0 Å². The Kier molecular flexibility index (Phi) is 7.20. The topological polar surface area (TPSA) is 39.9 Å². The van der Waals surface area contributed by atoms with Gasteiger partial charge >= 0.3 is 0 Å². The molecule has 3 aliphatic rings. The molecule has 1 fully saturated rings. The Morgan fingerprint density at radius 1 is 0.949 bits per heavy atom. The van der Waals surface area contributed by atoms with Crippen LogP contribution in [0.5, 0.6) is 0 Å². The van der Waals surface area contributed by atoms with Crippen LogP contribution in [0.1, 0.15) is 68.6 Å². The highest BCUT2D eigenvalue weighted by Crippen LogP contribution is 2.41. The van der Waals surface area contributed by atoms with E-state index in [0.717, 1.165) is 16.8 Å². The predicted molar refractivity (Wildman–Crippen MR) is 164 cm³/mol. The molecule has 39 heavy (non-hydrogen) atoms. The number of pyridine rings is 1. The van der Waals surface area contributed by atoms with E-state index in [1.165, 1.54) is 79.0 Å². The van der Waals surface area contributed by atoms with Gasteiger partial charge in [0.2, 0.25) is 0 Å². The third-order valence-electron chi connectivity index (χ3n) is 9.18. The maximum Gasteiger partial charge on any atom is 0.101 e. The monoisotopic (exact) mass is 511 g/mol. The molecular weight excluding hydrogens is 474 g/mol. The number of aromatic nitrogens is 1. The van der Waals surface area contributed by atoms with Gasteiger partial charge in [0.1, 0.15) is 6.07 Å². The highest BCUT2D eigenvalue weighted by atomic mass is 15.1. The van der Waals surface area contributed by atoms with Gasteiger partial charge in [0.15, 0.2) is 0 Å². The Labute approximate surface area is 232 Å². The molecule has 7 rings (SSSR count). The second kappa shape index (κ2) is 11.1. The van der Waals surface area contributed by atoms with Crippen LogP contribution in [-0.2, 0) is 6.42 Å². The SMILES string of the molecule is CC(C1CCCC1)N(C)c1ccc2c3c(ccc2c1)C1=C(CCC=C1)CC3.N#Cc1cnc2ccccc2c1. The summed E-state index contributed by atoms with van der Waals surface area (Å²) < 4.78 is 0. The van der Waals surface area contributed by atoms with E-state index in [1.807, 2.05) is 30.3 Å². The van der Waals surface area contributed by atoms with E-state index in [0.29, 0.717) is 11.6 Å². The van der Waals surface area contributed by atoms with E-state index >= 15 is 0 Å². The van der Waals surface area contributed by atoms with Crippen LogP contribution in [0, 0.1) is 17.2 Å². The normalized spacial score (nSPS) is 17.3. The molecular formula is C36H37N3. The summed E-state index contributed by atoms with van der Waals surface area (Å²) in [6.07, 6.45) is 16.9. The summed E-state index contributed by atoms with van der Waals surface area (Å²) in [5.41, 5.74) is 9.14. The van der Waals surface area contributed by atoms with E-state index in [9.17, 15) is 0 Å². The Morgan fingerprint density at radius 3 is 2.64 bits per heavy atom. The maximum atomic E-state index is 8.61. The van der Waals surface area contributed by atoms with Crippen molar-refractivity contribution in [3.05, 3.63) is 101 Å². The first-order valence-electron chi connectivity index (χ1n) is 14.5. The maximum absolute atomic E-state index is 8.61. The Morgan fingerprint density at radius 2 is 1.79 bits per heavy atom. The number of para-hydroxylation sites is 1. The van der Waals surface area contributed by atoms with E-state index in [4.69, 9.17) is 5.26 Å². The fraction of sp³-hybridized carbons (Fsp3) is 0.333. The average Bonchev–Trinajstić information content (AvgIpc) is 3.55. The minimum atomic E-state index is 0.605. The molecule has 196 valence electrons. The van der Waals surface area contributed by atoms with Crippen LogP contribution >= 0.6 is 0 Å². The lowest BCUT2D eigenvalue weighted by molar-refractivity contribution is 0.442. The quantitative estimate of drug-likeness (QED) is 0.275. The van der Waals surface area contributed by atoms with Crippen LogP contribution in [-0.4, -0.2) is 18.1 Å². The molecule has 3 heteroatoms. The summed E-state index contributed by atoms with van der Waals surface area (Å²) in [7, 11) is 2.28. The van der Waals surface area contributed by atoms with Crippen LogP contribution in [0.25, 0.3) is 27.2 Å². The lowest BCUT2D eigenvalue weighted by Crippen LogP contribution is -2.34. The zero-order chi connectivity index (χ0) is 26.8. The Hall–Kier alpha value is -3.90. The van der Waals surface area contributed by atoms with Gasteiger partial charge in [-0.3, -0.25) is 4.98 Å². The van der Waals surface area contributed by atoms with Gasteiger partial charge in [0.25, 0.3) is 0 Å². The van der Waals surface area contributed by atoms with Gasteiger partial charge in [-0.25, -0.2) is 0 Å². The van der Waals surface area contributed by atoms with Gasteiger partial charge in [0, 0.05) is 30.4 Å². The van der Waals surface area contributed by atoms with Crippen molar-refractivity contribution in [2.45, 2.75) is 64.3 Å². The van der Waals surface area contributed by atoms with E-state index in [2.05, 4.69) is 72.4 Å². The smallest absolute Gasteiger partial charge is 0.101 e. The van der Waals surface area contributed by atoms with Gasteiger partial charge in [0.05, 0.1) is 11.1 Å². The number of anilines is 1. The van der Waals surface area contributed by atoms with Crippen molar-refractivity contribution < 1.29 is 0 Å². The van der Waals surface area contributed by atoms with Crippen molar-refractivity contribution in [1.29, 1.82) is 5.26 Å². The lowest BCUT2D eigenvalue weighted by Gasteiger charge is -2.32. The number of rotatable bonds is 3. The van der Waals surface area contributed by atoms with Crippen LogP contribution < -0.4 is 4.90 Å². The number of allylic oxidation sites excluding steroid dienone is 4. The van der Waals surface area contributed by atoms with Gasteiger partial charge in [-0.05, 0) is 103 Å². The van der Waals surface area contributed by atoms with Crippen LogP contribution in [0.2, 0.25) is 0 Å². The molecule has 0 N–H and O–H groups in total. The van der Waals surface area contributed by atoms with E-state index in [1.54, 1.807) is 17.3 Å². The standard InChI is InChI=1S/C26H31N.C10H6N2/c1-18(19-7-3-4-8-19)27(2)22-13-16-24-21(17-22)12-15-25-23-10-6-5-9-20(23)11-14-26(24)25;11-6-8-5-9-3-1-2-4-10(9)12-7-8/h6,10,12-13,15-19H,3-5,7-9,11,14H2,1-2H3;1-5,7H. The molecule has 0 spiro atoms. The molecule has 0 radical (unpaired) electrons. The summed E-state index contributed by atoms with van der Waals surface area (Å²) in [4.78, 5) is 6.64.